The molecular weight excluding hydrogens is 433 g/mol. The number of rotatable bonds is 7. The fraction of sp³-hybridized carbons (Fsp3) is 0.348. The fourth-order valence-electron chi connectivity index (χ4n) is 4.22. The van der Waals surface area contributed by atoms with E-state index in [1.807, 2.05) is 0 Å². The van der Waals surface area contributed by atoms with Gasteiger partial charge >= 0.3 is 5.97 Å². The van der Waals surface area contributed by atoms with Crippen LogP contribution in [0.3, 0.4) is 0 Å². The summed E-state index contributed by atoms with van der Waals surface area (Å²) in [5, 5.41) is 19.1. The smallest absolute Gasteiger partial charge is 0.341 e. The number of ether oxygens (including phenoxy) is 2. The van der Waals surface area contributed by atoms with Gasteiger partial charge in [0.25, 0.3) is 0 Å². The van der Waals surface area contributed by atoms with E-state index in [-0.39, 0.29) is 36.0 Å². The number of fused-ring (bicyclic) bond motifs is 1. The fourth-order valence-corrected chi connectivity index (χ4v) is 4.22. The Bertz CT molecular complexity index is 1280. The van der Waals surface area contributed by atoms with Crippen LogP contribution in [-0.4, -0.2) is 59.1 Å². The van der Waals surface area contributed by atoms with Gasteiger partial charge in [0.2, 0.25) is 5.43 Å². The van der Waals surface area contributed by atoms with Crippen molar-refractivity contribution in [3.05, 3.63) is 57.6 Å². The molecule has 1 aromatic carbocycles. The van der Waals surface area contributed by atoms with Crippen LogP contribution in [0.5, 0.6) is 11.5 Å². The lowest BCUT2D eigenvalue weighted by Gasteiger charge is -2.25. The second kappa shape index (κ2) is 9.07. The van der Waals surface area contributed by atoms with Crippen LogP contribution in [0.1, 0.15) is 28.8 Å². The number of carboxylic acid groups (broad SMARTS) is 1. The van der Waals surface area contributed by atoms with Crippen LogP contribution in [0.15, 0.2) is 35.3 Å². The minimum absolute atomic E-state index is 0.0250. The topological polar surface area (TPSA) is 114 Å². The quantitative estimate of drug-likeness (QED) is 0.555. The molecule has 0 amide bonds. The van der Waals surface area contributed by atoms with E-state index in [0.717, 1.165) is 12.5 Å². The van der Waals surface area contributed by atoms with Gasteiger partial charge in [0, 0.05) is 24.4 Å². The summed E-state index contributed by atoms with van der Waals surface area (Å²) < 4.78 is 27.2. The average molecular weight is 457 g/mol. The van der Waals surface area contributed by atoms with Crippen molar-refractivity contribution in [2.45, 2.75) is 25.4 Å². The van der Waals surface area contributed by atoms with E-state index in [1.165, 1.54) is 25.0 Å². The van der Waals surface area contributed by atoms with Gasteiger partial charge in [0.15, 0.2) is 11.6 Å². The standard InChI is InChI=1S/C23H24FN3O6/c1-32-15-6-5-13(19(8-15)33-2)10-26-11-17(23(30)31)20(29)16-9-18(24)22(25-21(16)26)27-7-3-4-14(27)12-28/h5-6,8-9,11,14,28H,3-4,7,10,12H2,1-2H3,(H,30,31)/t14-/m0/s1. The highest BCUT2D eigenvalue weighted by Gasteiger charge is 2.29. The summed E-state index contributed by atoms with van der Waals surface area (Å²) in [6.45, 7) is 0.489. The predicted octanol–water partition coefficient (Wildman–Crippen LogP) is 2.26. The third-order valence-corrected chi connectivity index (χ3v) is 5.91. The molecule has 2 aromatic heterocycles. The maximum atomic E-state index is 15.0. The summed E-state index contributed by atoms with van der Waals surface area (Å²) in [4.78, 5) is 30.6. The number of hydrogen-bond donors (Lipinski definition) is 2. The number of hydrogen-bond acceptors (Lipinski definition) is 7. The number of anilines is 1. The minimum atomic E-state index is -1.42. The second-order valence-corrected chi connectivity index (χ2v) is 7.82. The molecule has 0 aliphatic carbocycles. The highest BCUT2D eigenvalue weighted by atomic mass is 19.1. The third kappa shape index (κ3) is 4.09. The van der Waals surface area contributed by atoms with Crippen LogP contribution in [0.4, 0.5) is 10.2 Å². The van der Waals surface area contributed by atoms with Crippen molar-refractivity contribution in [2.75, 3.05) is 32.3 Å². The van der Waals surface area contributed by atoms with Crippen LogP contribution in [-0.2, 0) is 6.54 Å². The summed E-state index contributed by atoms with van der Waals surface area (Å²) in [7, 11) is 3.03. The summed E-state index contributed by atoms with van der Waals surface area (Å²) in [6, 6.07) is 5.93. The Morgan fingerprint density at radius 1 is 1.27 bits per heavy atom. The molecule has 3 heterocycles. The zero-order valence-corrected chi connectivity index (χ0v) is 18.2. The molecule has 1 aliphatic rings. The van der Waals surface area contributed by atoms with Gasteiger partial charge in [-0.2, -0.15) is 0 Å². The monoisotopic (exact) mass is 457 g/mol. The van der Waals surface area contributed by atoms with Crippen molar-refractivity contribution in [1.82, 2.24) is 9.55 Å². The number of pyridine rings is 2. The summed E-state index contributed by atoms with van der Waals surface area (Å²) in [5.74, 6) is -1.05. The van der Waals surface area contributed by atoms with Crippen molar-refractivity contribution in [3.8, 4) is 11.5 Å². The molecule has 0 radical (unpaired) electrons. The first-order chi connectivity index (χ1) is 15.9. The van der Waals surface area contributed by atoms with Crippen LogP contribution in [0, 0.1) is 5.82 Å². The van der Waals surface area contributed by atoms with Gasteiger partial charge < -0.3 is 29.2 Å². The predicted molar refractivity (Wildman–Crippen MR) is 119 cm³/mol. The van der Waals surface area contributed by atoms with Gasteiger partial charge in [0.05, 0.1) is 38.8 Å². The zero-order chi connectivity index (χ0) is 23.7. The van der Waals surface area contributed by atoms with E-state index >= 15 is 4.39 Å². The zero-order valence-electron chi connectivity index (χ0n) is 18.2. The molecule has 2 N–H and O–H groups in total. The molecule has 1 saturated heterocycles. The number of carboxylic acids is 1. The second-order valence-electron chi connectivity index (χ2n) is 7.82. The maximum absolute atomic E-state index is 15.0. The molecule has 174 valence electrons. The normalized spacial score (nSPS) is 15.8. The number of nitrogens with zero attached hydrogens (tertiary/aromatic N) is 3. The number of aromatic nitrogens is 2. The molecule has 3 aromatic rings. The molecule has 10 heteroatoms. The Balaban J connectivity index is 1.92. The SMILES string of the molecule is COc1ccc(Cn2cc(C(=O)O)c(=O)c3cc(F)c(N4CCC[C@H]4CO)nc32)c(OC)c1. The van der Waals surface area contributed by atoms with Gasteiger partial charge in [-0.25, -0.2) is 14.2 Å². The molecule has 4 rings (SSSR count). The molecule has 1 aliphatic heterocycles. The van der Waals surface area contributed by atoms with Crippen molar-refractivity contribution in [3.63, 3.8) is 0 Å². The Hall–Kier alpha value is -3.66. The van der Waals surface area contributed by atoms with Crippen LogP contribution >= 0.6 is 0 Å². The van der Waals surface area contributed by atoms with Gasteiger partial charge in [-0.15, -0.1) is 0 Å². The lowest BCUT2D eigenvalue weighted by atomic mass is 10.1. The van der Waals surface area contributed by atoms with E-state index in [2.05, 4.69) is 4.98 Å². The number of benzene rings is 1. The van der Waals surface area contributed by atoms with Gasteiger partial charge in [-0.05, 0) is 31.0 Å². The van der Waals surface area contributed by atoms with E-state index in [1.54, 1.807) is 23.1 Å². The first-order valence-corrected chi connectivity index (χ1v) is 10.4. The summed E-state index contributed by atoms with van der Waals surface area (Å²) in [6.07, 6.45) is 2.68. The van der Waals surface area contributed by atoms with E-state index < -0.39 is 22.8 Å². The molecule has 1 fully saturated rings. The summed E-state index contributed by atoms with van der Waals surface area (Å²) >= 11 is 0. The van der Waals surface area contributed by atoms with Crippen LogP contribution in [0.25, 0.3) is 11.0 Å². The lowest BCUT2D eigenvalue weighted by Crippen LogP contribution is -2.34. The molecular formula is C23H24FN3O6. The van der Waals surface area contributed by atoms with E-state index in [4.69, 9.17) is 9.47 Å². The number of methoxy groups -OCH3 is 2. The van der Waals surface area contributed by atoms with Crippen molar-refractivity contribution < 1.29 is 28.9 Å². The number of carbonyl (C=O) groups is 1. The van der Waals surface area contributed by atoms with Crippen LogP contribution in [0.2, 0.25) is 0 Å². The van der Waals surface area contributed by atoms with E-state index in [9.17, 15) is 19.8 Å². The molecule has 1 atom stereocenters. The summed E-state index contributed by atoms with van der Waals surface area (Å²) in [5.41, 5.74) is -0.476. The molecule has 9 nitrogen and oxygen atoms in total. The lowest BCUT2D eigenvalue weighted by molar-refractivity contribution is 0.0695. The minimum Gasteiger partial charge on any atom is -0.497 e. The van der Waals surface area contributed by atoms with Crippen molar-refractivity contribution in [1.29, 1.82) is 0 Å². The first-order valence-electron chi connectivity index (χ1n) is 10.4. The van der Waals surface area contributed by atoms with Gasteiger partial charge in [-0.1, -0.05) is 0 Å². The highest BCUT2D eigenvalue weighted by Crippen LogP contribution is 2.30. The Kier molecular flexibility index (Phi) is 6.19. The van der Waals surface area contributed by atoms with Crippen LogP contribution < -0.4 is 19.8 Å². The number of aliphatic hydroxyl groups excluding tert-OH is 1. The average Bonchev–Trinajstić information content (AvgIpc) is 3.29. The maximum Gasteiger partial charge on any atom is 0.341 e. The Morgan fingerprint density at radius 2 is 2.06 bits per heavy atom. The largest absolute Gasteiger partial charge is 0.497 e. The van der Waals surface area contributed by atoms with Crippen molar-refractivity contribution in [2.24, 2.45) is 0 Å². The molecule has 0 unspecified atom stereocenters. The number of aliphatic hydroxyl groups is 1. The molecule has 0 bridgehead atoms. The highest BCUT2D eigenvalue weighted by molar-refractivity contribution is 5.92. The Labute approximate surface area is 188 Å². The van der Waals surface area contributed by atoms with Gasteiger partial charge in [0.1, 0.15) is 22.7 Å². The third-order valence-electron chi connectivity index (χ3n) is 5.91. The number of halogens is 1. The molecule has 0 spiro atoms. The van der Waals surface area contributed by atoms with Crippen molar-refractivity contribution >= 4 is 22.8 Å². The molecule has 33 heavy (non-hydrogen) atoms. The Morgan fingerprint density at radius 3 is 2.73 bits per heavy atom. The molecule has 0 saturated carbocycles. The van der Waals surface area contributed by atoms with E-state index in [0.29, 0.717) is 30.0 Å². The first kappa shape index (κ1) is 22.5. The van der Waals surface area contributed by atoms with Gasteiger partial charge in [-0.3, -0.25) is 4.79 Å². The number of aromatic carboxylic acids is 1.